The second-order valence-electron chi connectivity index (χ2n) is 7.08. The molecule has 5 aromatic heterocycles. The van der Waals surface area contributed by atoms with E-state index in [1.54, 1.807) is 18.3 Å². The van der Waals surface area contributed by atoms with Crippen LogP contribution in [0.2, 0.25) is 0 Å². The van der Waals surface area contributed by atoms with Crippen LogP contribution >= 0.6 is 0 Å². The van der Waals surface area contributed by atoms with Crippen molar-refractivity contribution in [1.82, 2.24) is 29.3 Å². The highest BCUT2D eigenvalue weighted by atomic mass is 16.3. The number of ketones is 1. The number of imidazole rings is 1. The van der Waals surface area contributed by atoms with Gasteiger partial charge in [-0.25, -0.2) is 24.9 Å². The molecule has 10 nitrogen and oxygen atoms in total. The highest BCUT2D eigenvalue weighted by Gasteiger charge is 2.22. The van der Waals surface area contributed by atoms with Crippen molar-refractivity contribution in [1.29, 1.82) is 0 Å². The normalized spacial score (nSPS) is 11.1. The van der Waals surface area contributed by atoms with Gasteiger partial charge in [-0.3, -0.25) is 4.79 Å². The molecule has 0 aliphatic carbocycles. The molecule has 4 N–H and O–H groups in total. The predicted octanol–water partition coefficient (Wildman–Crippen LogP) is 2.82. The van der Waals surface area contributed by atoms with Gasteiger partial charge in [-0.15, -0.1) is 0 Å². The molecule has 0 aliphatic rings. The molecule has 158 valence electrons. The van der Waals surface area contributed by atoms with Crippen LogP contribution < -0.4 is 11.5 Å². The van der Waals surface area contributed by atoms with Gasteiger partial charge in [0.2, 0.25) is 5.89 Å². The van der Waals surface area contributed by atoms with Crippen LogP contribution in [0.25, 0.3) is 28.5 Å². The third-order valence-corrected chi connectivity index (χ3v) is 4.92. The van der Waals surface area contributed by atoms with E-state index in [-0.39, 0.29) is 29.6 Å². The topological polar surface area (TPSA) is 151 Å². The minimum atomic E-state index is -0.247. The second kappa shape index (κ2) is 7.91. The Morgan fingerprint density at radius 2 is 1.91 bits per heavy atom. The number of pyridine rings is 2. The van der Waals surface area contributed by atoms with Gasteiger partial charge in [-0.1, -0.05) is 6.07 Å². The van der Waals surface area contributed by atoms with Crippen LogP contribution in [0.4, 0.5) is 11.6 Å². The number of aryl methyl sites for hydroxylation is 1. The number of nitrogens with two attached hydrogens (primary N) is 2. The third kappa shape index (κ3) is 3.65. The molecule has 32 heavy (non-hydrogen) atoms. The fourth-order valence-electron chi connectivity index (χ4n) is 3.40. The fourth-order valence-corrected chi connectivity index (χ4v) is 3.40. The van der Waals surface area contributed by atoms with E-state index in [9.17, 15) is 4.79 Å². The molecule has 5 rings (SSSR count). The first-order valence-corrected chi connectivity index (χ1v) is 9.83. The van der Waals surface area contributed by atoms with E-state index in [2.05, 4.69) is 24.9 Å². The van der Waals surface area contributed by atoms with Gasteiger partial charge in [0.1, 0.15) is 29.1 Å². The van der Waals surface area contributed by atoms with Crippen molar-refractivity contribution < 1.29 is 9.21 Å². The summed E-state index contributed by atoms with van der Waals surface area (Å²) in [6, 6.07) is 9.00. The summed E-state index contributed by atoms with van der Waals surface area (Å²) in [4.78, 5) is 34.7. The molecule has 10 heteroatoms. The maximum atomic E-state index is 13.0. The number of nitrogen functional groups attached to an aromatic ring is 2. The van der Waals surface area contributed by atoms with Crippen LogP contribution in [-0.2, 0) is 6.42 Å². The molecule has 0 unspecified atom stereocenters. The average molecular weight is 426 g/mol. The molecule has 0 saturated carbocycles. The number of hydrogen-bond donors (Lipinski definition) is 2. The summed E-state index contributed by atoms with van der Waals surface area (Å²) in [7, 11) is 0. The van der Waals surface area contributed by atoms with Gasteiger partial charge in [-0.05, 0) is 30.7 Å². The number of hydrogen-bond acceptors (Lipinski definition) is 9. The van der Waals surface area contributed by atoms with Crippen molar-refractivity contribution in [2.75, 3.05) is 11.5 Å². The number of anilines is 2. The van der Waals surface area contributed by atoms with Gasteiger partial charge in [0.05, 0.1) is 6.20 Å². The van der Waals surface area contributed by atoms with Crippen LogP contribution in [0.15, 0.2) is 65.8 Å². The highest BCUT2D eigenvalue weighted by Crippen LogP contribution is 2.30. The smallest absolute Gasteiger partial charge is 0.247 e. The first-order chi connectivity index (χ1) is 15.6. The Labute approximate surface area is 182 Å². The van der Waals surface area contributed by atoms with E-state index in [1.807, 2.05) is 35.0 Å². The van der Waals surface area contributed by atoms with E-state index in [1.165, 1.54) is 12.5 Å². The summed E-state index contributed by atoms with van der Waals surface area (Å²) >= 11 is 0. The summed E-state index contributed by atoms with van der Waals surface area (Å²) in [6.07, 6.45) is 8.87. The molecule has 0 atom stereocenters. The van der Waals surface area contributed by atoms with Crippen molar-refractivity contribution in [3.63, 3.8) is 0 Å². The lowest BCUT2D eigenvalue weighted by Gasteiger charge is -2.11. The third-order valence-electron chi connectivity index (χ3n) is 4.92. The van der Waals surface area contributed by atoms with Crippen LogP contribution in [0, 0.1) is 0 Å². The number of aromatic nitrogens is 6. The fraction of sp³-hybridized carbons (Fsp3) is 0.0909. The van der Waals surface area contributed by atoms with Gasteiger partial charge in [0, 0.05) is 36.3 Å². The summed E-state index contributed by atoms with van der Waals surface area (Å²) in [5.74, 6) is 0.425. The zero-order valence-corrected chi connectivity index (χ0v) is 16.8. The van der Waals surface area contributed by atoms with E-state index in [4.69, 9.17) is 15.9 Å². The van der Waals surface area contributed by atoms with Gasteiger partial charge in [-0.2, -0.15) is 0 Å². The molecule has 0 saturated heterocycles. The number of carbonyl (C=O) groups excluding carboxylic acids is 1. The Kier molecular flexibility index (Phi) is 4.79. The summed E-state index contributed by atoms with van der Waals surface area (Å²) in [6.45, 7) is 0. The van der Waals surface area contributed by atoms with Gasteiger partial charge < -0.3 is 20.3 Å². The zero-order chi connectivity index (χ0) is 22.1. The number of oxazole rings is 1. The molecule has 0 aliphatic heterocycles. The maximum absolute atomic E-state index is 13.0. The largest absolute Gasteiger partial charge is 0.443 e. The van der Waals surface area contributed by atoms with Crippen molar-refractivity contribution in [2.24, 2.45) is 0 Å². The van der Waals surface area contributed by atoms with E-state index in [0.717, 1.165) is 5.65 Å². The minimum Gasteiger partial charge on any atom is -0.443 e. The number of rotatable bonds is 6. The average Bonchev–Trinajstić information content (AvgIpc) is 3.49. The minimum absolute atomic E-state index is 0.0104. The quantitative estimate of drug-likeness (QED) is 0.390. The van der Waals surface area contributed by atoms with Gasteiger partial charge >= 0.3 is 0 Å². The van der Waals surface area contributed by atoms with Gasteiger partial charge in [0.25, 0.3) is 0 Å². The molecule has 0 spiro atoms. The predicted molar refractivity (Wildman–Crippen MR) is 117 cm³/mol. The lowest BCUT2D eigenvalue weighted by molar-refractivity contribution is 0.0978. The van der Waals surface area contributed by atoms with Crippen molar-refractivity contribution >= 4 is 23.1 Å². The summed E-state index contributed by atoms with van der Waals surface area (Å²) in [5, 5.41) is 0. The Balaban J connectivity index is 1.55. The van der Waals surface area contributed by atoms with Crippen molar-refractivity contribution in [3.8, 4) is 22.8 Å². The Bertz CT molecular complexity index is 1430. The lowest BCUT2D eigenvalue weighted by Crippen LogP contribution is -2.12. The highest BCUT2D eigenvalue weighted by molar-refractivity contribution is 5.99. The monoisotopic (exact) mass is 426 g/mol. The van der Waals surface area contributed by atoms with Gasteiger partial charge in [0.15, 0.2) is 17.3 Å². The molecular formula is C22H18N8O2. The molecule has 0 aromatic carbocycles. The summed E-state index contributed by atoms with van der Waals surface area (Å²) in [5.41, 5.74) is 14.9. The molecule has 5 aromatic rings. The zero-order valence-electron chi connectivity index (χ0n) is 16.8. The molecular weight excluding hydrogens is 408 g/mol. The van der Waals surface area contributed by atoms with Crippen LogP contribution in [-0.4, -0.2) is 35.1 Å². The first-order valence-electron chi connectivity index (χ1n) is 9.83. The van der Waals surface area contributed by atoms with Crippen molar-refractivity contribution in [3.05, 3.63) is 72.8 Å². The van der Waals surface area contributed by atoms with Crippen LogP contribution in [0.5, 0.6) is 0 Å². The van der Waals surface area contributed by atoms with E-state index in [0.29, 0.717) is 34.9 Å². The van der Waals surface area contributed by atoms with Crippen LogP contribution in [0.3, 0.4) is 0 Å². The molecule has 0 fully saturated rings. The SMILES string of the molecule is Nc1cccc(CCC(=O)c2nc(-c3ccc4nccn4c3)c(-c3ncco3)nc2N)n1. The Morgan fingerprint density at radius 1 is 1.00 bits per heavy atom. The standard InChI is InChI=1S/C22H18N8O2/c23-16-3-1-2-14(27-16)5-6-15(31)19-21(24)29-20(22-26-9-11-32-22)18(28-19)13-4-7-17-25-8-10-30(17)12-13/h1-4,7-12H,5-6H2,(H2,23,27)(H2,24,29). The van der Waals surface area contributed by atoms with E-state index >= 15 is 0 Å². The molecule has 5 heterocycles. The van der Waals surface area contributed by atoms with Crippen molar-refractivity contribution in [2.45, 2.75) is 12.8 Å². The molecule has 0 bridgehead atoms. The number of Topliss-reactive ketones (excluding diaryl/α,β-unsaturated/α-hetero) is 1. The molecule has 0 radical (unpaired) electrons. The number of fused-ring (bicyclic) bond motifs is 1. The summed E-state index contributed by atoms with van der Waals surface area (Å²) < 4.78 is 7.28. The lowest BCUT2D eigenvalue weighted by atomic mass is 10.1. The van der Waals surface area contributed by atoms with Crippen LogP contribution in [0.1, 0.15) is 22.6 Å². The maximum Gasteiger partial charge on any atom is 0.247 e. The van der Waals surface area contributed by atoms with E-state index < -0.39 is 0 Å². The second-order valence-corrected chi connectivity index (χ2v) is 7.08. The first kappa shape index (κ1) is 19.4. The Morgan fingerprint density at radius 3 is 2.72 bits per heavy atom. The molecule has 0 amide bonds. The Hall–Kier alpha value is -4.60. The number of carbonyl (C=O) groups is 1. The number of nitrogens with zero attached hydrogens (tertiary/aromatic N) is 6.